The van der Waals surface area contributed by atoms with E-state index in [1.165, 1.54) is 0 Å². The molecule has 0 radical (unpaired) electrons. The van der Waals surface area contributed by atoms with Crippen molar-refractivity contribution in [2.45, 2.75) is 13.8 Å². The summed E-state index contributed by atoms with van der Waals surface area (Å²) in [6.45, 7) is 4.63. The summed E-state index contributed by atoms with van der Waals surface area (Å²) in [6.07, 6.45) is 0. The Hall–Kier alpha value is -0.290. The van der Waals surface area contributed by atoms with Gasteiger partial charge in [0.2, 0.25) is 0 Å². The van der Waals surface area contributed by atoms with Gasteiger partial charge < -0.3 is 5.32 Å². The minimum atomic E-state index is -0.0703. The van der Waals surface area contributed by atoms with Crippen molar-refractivity contribution in [3.63, 3.8) is 0 Å². The Labute approximate surface area is 115 Å². The molecule has 88 valence electrons. The van der Waals surface area contributed by atoms with Crippen LogP contribution in [0.25, 0.3) is 0 Å². The predicted octanol–water partition coefficient (Wildman–Crippen LogP) is 3.29. The fourth-order valence-corrected chi connectivity index (χ4v) is 1.74. The molecule has 1 aromatic rings. The highest BCUT2D eigenvalue weighted by Crippen LogP contribution is 2.15. The van der Waals surface area contributed by atoms with Gasteiger partial charge in [0.15, 0.2) is 0 Å². The largest absolute Gasteiger partial charge is 0.351 e. The Morgan fingerprint density at radius 3 is 2.75 bits per heavy atom. The maximum absolute atomic E-state index is 11.8. The Morgan fingerprint density at radius 2 is 2.19 bits per heavy atom. The van der Waals surface area contributed by atoms with E-state index in [0.29, 0.717) is 18.0 Å². The highest BCUT2D eigenvalue weighted by Gasteiger charge is 2.17. The van der Waals surface area contributed by atoms with E-state index in [9.17, 15) is 4.79 Å². The normalized spacial score (nSPS) is 11.2. The lowest BCUT2D eigenvalue weighted by Gasteiger charge is -2.21. The summed E-state index contributed by atoms with van der Waals surface area (Å²) in [6, 6.07) is 7.51. The third-order valence-corrected chi connectivity index (χ3v) is 3.57. The number of hydrogen-bond donors (Lipinski definition) is 1. The van der Waals surface area contributed by atoms with Crippen LogP contribution in [0, 0.1) is 8.99 Å². The molecule has 0 heterocycles. The number of hydrogen-bond acceptors (Lipinski definition) is 1. The SMILES string of the molecule is CC(C)(CCl)CNC(=O)c1cccc(I)c1. The first-order chi connectivity index (χ1) is 7.44. The highest BCUT2D eigenvalue weighted by molar-refractivity contribution is 14.1. The zero-order valence-electron chi connectivity index (χ0n) is 9.39. The van der Waals surface area contributed by atoms with Crippen LogP contribution in [-0.4, -0.2) is 18.3 Å². The summed E-state index contributed by atoms with van der Waals surface area (Å²) in [7, 11) is 0. The van der Waals surface area contributed by atoms with Crippen molar-refractivity contribution in [1.29, 1.82) is 0 Å². The van der Waals surface area contributed by atoms with Gasteiger partial charge >= 0.3 is 0 Å². The lowest BCUT2D eigenvalue weighted by atomic mass is 9.96. The van der Waals surface area contributed by atoms with Crippen LogP contribution in [-0.2, 0) is 0 Å². The summed E-state index contributed by atoms with van der Waals surface area (Å²) in [5, 5.41) is 2.89. The lowest BCUT2D eigenvalue weighted by molar-refractivity contribution is 0.0940. The topological polar surface area (TPSA) is 29.1 Å². The monoisotopic (exact) mass is 351 g/mol. The molecule has 0 aromatic heterocycles. The van der Waals surface area contributed by atoms with Gasteiger partial charge in [-0.3, -0.25) is 4.79 Å². The van der Waals surface area contributed by atoms with Crippen LogP contribution in [0.15, 0.2) is 24.3 Å². The summed E-state index contributed by atoms with van der Waals surface area (Å²) in [5.41, 5.74) is 0.622. The van der Waals surface area contributed by atoms with Crippen LogP contribution in [0.4, 0.5) is 0 Å². The number of carbonyl (C=O) groups excluding carboxylic acids is 1. The average Bonchev–Trinajstić information content (AvgIpc) is 2.26. The first-order valence-electron chi connectivity index (χ1n) is 5.04. The third-order valence-electron chi connectivity index (χ3n) is 2.18. The second kappa shape index (κ2) is 5.87. The molecular formula is C12H15ClINO. The van der Waals surface area contributed by atoms with Gasteiger partial charge in [0, 0.05) is 21.6 Å². The second-order valence-corrected chi connectivity index (χ2v) is 6.00. The zero-order valence-corrected chi connectivity index (χ0v) is 12.3. The molecule has 0 fully saturated rings. The summed E-state index contributed by atoms with van der Waals surface area (Å²) in [5.74, 6) is 0.483. The highest BCUT2D eigenvalue weighted by atomic mass is 127. The van der Waals surface area contributed by atoms with Gasteiger partial charge in [0.25, 0.3) is 5.91 Å². The zero-order chi connectivity index (χ0) is 12.2. The minimum Gasteiger partial charge on any atom is -0.351 e. The van der Waals surface area contributed by atoms with Gasteiger partial charge in [0.1, 0.15) is 0 Å². The van der Waals surface area contributed by atoms with Crippen molar-refractivity contribution in [3.8, 4) is 0 Å². The van der Waals surface area contributed by atoms with Crippen LogP contribution in [0.1, 0.15) is 24.2 Å². The van der Waals surface area contributed by atoms with E-state index in [1.54, 1.807) is 0 Å². The summed E-state index contributed by atoms with van der Waals surface area (Å²) in [4.78, 5) is 11.8. The molecule has 16 heavy (non-hydrogen) atoms. The van der Waals surface area contributed by atoms with E-state index >= 15 is 0 Å². The van der Waals surface area contributed by atoms with Crippen molar-refractivity contribution in [1.82, 2.24) is 5.32 Å². The first-order valence-corrected chi connectivity index (χ1v) is 6.66. The summed E-state index contributed by atoms with van der Waals surface area (Å²) < 4.78 is 1.06. The molecule has 1 amide bonds. The Kier molecular flexibility index (Phi) is 5.05. The Balaban J connectivity index is 2.60. The van der Waals surface area contributed by atoms with Crippen LogP contribution in [0.2, 0.25) is 0 Å². The second-order valence-electron chi connectivity index (χ2n) is 4.49. The van der Waals surface area contributed by atoms with Crippen molar-refractivity contribution < 1.29 is 4.79 Å². The summed E-state index contributed by atoms with van der Waals surface area (Å²) >= 11 is 7.98. The fourth-order valence-electron chi connectivity index (χ4n) is 1.10. The molecular weight excluding hydrogens is 336 g/mol. The molecule has 0 saturated carbocycles. The fraction of sp³-hybridized carbons (Fsp3) is 0.417. The number of rotatable bonds is 4. The third kappa shape index (κ3) is 4.29. The molecule has 0 aliphatic heterocycles. The number of carbonyl (C=O) groups is 1. The molecule has 0 bridgehead atoms. The molecule has 0 aliphatic carbocycles. The van der Waals surface area contributed by atoms with Crippen LogP contribution < -0.4 is 5.32 Å². The van der Waals surface area contributed by atoms with Crippen molar-refractivity contribution >= 4 is 40.1 Å². The predicted molar refractivity (Wildman–Crippen MR) is 76.0 cm³/mol. The van der Waals surface area contributed by atoms with E-state index in [0.717, 1.165) is 3.57 Å². The molecule has 0 saturated heterocycles. The van der Waals surface area contributed by atoms with E-state index in [-0.39, 0.29) is 11.3 Å². The standard InChI is InChI=1S/C12H15ClINO/c1-12(2,7-13)8-15-11(16)9-4-3-5-10(14)6-9/h3-6H,7-8H2,1-2H3,(H,15,16). The maximum Gasteiger partial charge on any atom is 0.251 e. The van der Waals surface area contributed by atoms with Crippen LogP contribution in [0.5, 0.6) is 0 Å². The number of alkyl halides is 1. The van der Waals surface area contributed by atoms with E-state index < -0.39 is 0 Å². The molecule has 1 aromatic carbocycles. The van der Waals surface area contributed by atoms with Crippen molar-refractivity contribution in [2.75, 3.05) is 12.4 Å². The molecule has 1 N–H and O–H groups in total. The Morgan fingerprint density at radius 1 is 1.50 bits per heavy atom. The van der Waals surface area contributed by atoms with Crippen LogP contribution in [0.3, 0.4) is 0 Å². The molecule has 0 aliphatic rings. The minimum absolute atomic E-state index is 0.0447. The van der Waals surface area contributed by atoms with E-state index in [1.807, 2.05) is 38.1 Å². The van der Waals surface area contributed by atoms with E-state index in [2.05, 4.69) is 27.9 Å². The quantitative estimate of drug-likeness (QED) is 0.654. The number of benzene rings is 1. The van der Waals surface area contributed by atoms with Crippen LogP contribution >= 0.6 is 34.2 Å². The van der Waals surface area contributed by atoms with Crippen molar-refractivity contribution in [2.24, 2.45) is 5.41 Å². The van der Waals surface area contributed by atoms with Gasteiger partial charge in [-0.2, -0.15) is 0 Å². The van der Waals surface area contributed by atoms with Gasteiger partial charge in [-0.25, -0.2) is 0 Å². The van der Waals surface area contributed by atoms with Gasteiger partial charge in [-0.1, -0.05) is 19.9 Å². The molecule has 0 unspecified atom stereocenters. The molecule has 1 rings (SSSR count). The van der Waals surface area contributed by atoms with E-state index in [4.69, 9.17) is 11.6 Å². The first kappa shape index (κ1) is 13.8. The Bertz CT molecular complexity index is 379. The van der Waals surface area contributed by atoms with Gasteiger partial charge in [-0.15, -0.1) is 11.6 Å². The molecule has 0 atom stereocenters. The smallest absolute Gasteiger partial charge is 0.251 e. The lowest BCUT2D eigenvalue weighted by Crippen LogP contribution is -2.35. The van der Waals surface area contributed by atoms with Crippen molar-refractivity contribution in [3.05, 3.63) is 33.4 Å². The average molecular weight is 352 g/mol. The van der Waals surface area contributed by atoms with Gasteiger partial charge in [0.05, 0.1) is 0 Å². The maximum atomic E-state index is 11.8. The van der Waals surface area contributed by atoms with Gasteiger partial charge in [-0.05, 0) is 46.2 Å². The molecule has 2 nitrogen and oxygen atoms in total. The number of nitrogens with one attached hydrogen (secondary N) is 1. The molecule has 0 spiro atoms. The number of amides is 1. The molecule has 4 heteroatoms. The number of halogens is 2.